The summed E-state index contributed by atoms with van der Waals surface area (Å²) in [5.74, 6) is -0.394. The molecule has 0 atom stereocenters. The van der Waals surface area contributed by atoms with E-state index in [2.05, 4.69) is 38.1 Å². The molecule has 34 heavy (non-hydrogen) atoms. The van der Waals surface area contributed by atoms with Crippen LogP contribution in [0.25, 0.3) is 32.9 Å². The van der Waals surface area contributed by atoms with E-state index in [0.717, 1.165) is 35.8 Å². The quantitative estimate of drug-likeness (QED) is 0.127. The van der Waals surface area contributed by atoms with Crippen LogP contribution >= 0.6 is 0 Å². The van der Waals surface area contributed by atoms with Gasteiger partial charge in [-0.3, -0.25) is 0 Å². The summed E-state index contributed by atoms with van der Waals surface area (Å²) in [6, 6.07) is 18.1. The first-order chi connectivity index (χ1) is 16.6. The van der Waals surface area contributed by atoms with Crippen LogP contribution in [0.5, 0.6) is 0 Å². The van der Waals surface area contributed by atoms with Crippen molar-refractivity contribution in [2.24, 2.45) is 0 Å². The fourth-order valence-electron chi connectivity index (χ4n) is 4.74. The summed E-state index contributed by atoms with van der Waals surface area (Å²) in [7, 11) is 0. The van der Waals surface area contributed by atoms with E-state index < -0.39 is 11.4 Å². The summed E-state index contributed by atoms with van der Waals surface area (Å²) in [4.78, 5) is 12.8. The zero-order valence-electron chi connectivity index (χ0n) is 20.5. The monoisotopic (exact) mass is 458 g/mol. The first-order valence-electron chi connectivity index (χ1n) is 12.9. The Balaban J connectivity index is 1.61. The molecule has 3 aromatic carbocycles. The van der Waals surface area contributed by atoms with E-state index in [1.807, 2.05) is 30.3 Å². The lowest BCUT2D eigenvalue weighted by Gasteiger charge is -2.10. The number of benzene rings is 3. The highest BCUT2D eigenvalue weighted by atomic mass is 19.1. The van der Waals surface area contributed by atoms with Crippen LogP contribution in [0.15, 0.2) is 63.8 Å². The average Bonchev–Trinajstić information content (AvgIpc) is 2.86. The van der Waals surface area contributed by atoms with Gasteiger partial charge in [0, 0.05) is 10.8 Å². The first-order valence-corrected chi connectivity index (χ1v) is 12.9. The molecular weight excluding hydrogens is 423 g/mol. The van der Waals surface area contributed by atoms with E-state index in [0.29, 0.717) is 22.8 Å². The standard InChI is InChI=1S/C31H35FO2/c1-3-5-7-8-10-12-24-17-20-27-26-19-18-25(21-28(26)31(33)34-30(27)29(24)32)23-15-13-22(14-16-23)11-9-6-4-2/h13-21H,3-12H2,1-2H3. The maximum Gasteiger partial charge on any atom is 0.344 e. The number of hydrogen-bond donors (Lipinski definition) is 0. The van der Waals surface area contributed by atoms with Crippen molar-refractivity contribution in [3.8, 4) is 11.1 Å². The molecular formula is C31H35FO2. The van der Waals surface area contributed by atoms with Gasteiger partial charge < -0.3 is 4.42 Å². The molecule has 0 radical (unpaired) electrons. The number of halogens is 1. The van der Waals surface area contributed by atoms with E-state index in [1.165, 1.54) is 44.1 Å². The lowest BCUT2D eigenvalue weighted by molar-refractivity contribution is 0.521. The van der Waals surface area contributed by atoms with Gasteiger partial charge in [-0.15, -0.1) is 0 Å². The molecule has 0 saturated carbocycles. The molecule has 0 saturated heterocycles. The number of unbranched alkanes of at least 4 members (excludes halogenated alkanes) is 6. The summed E-state index contributed by atoms with van der Waals surface area (Å²) in [5, 5.41) is 1.88. The van der Waals surface area contributed by atoms with Crippen molar-refractivity contribution >= 4 is 21.7 Å². The predicted molar refractivity (Wildman–Crippen MR) is 141 cm³/mol. The van der Waals surface area contributed by atoms with E-state index in [-0.39, 0.29) is 5.58 Å². The Morgan fingerprint density at radius 1 is 0.676 bits per heavy atom. The van der Waals surface area contributed by atoms with Crippen molar-refractivity contribution in [3.05, 3.63) is 82.0 Å². The summed E-state index contributed by atoms with van der Waals surface area (Å²) in [6.45, 7) is 4.40. The molecule has 4 rings (SSSR count). The molecule has 0 aliphatic carbocycles. The Morgan fingerprint density at radius 3 is 2.09 bits per heavy atom. The van der Waals surface area contributed by atoms with Gasteiger partial charge in [-0.25, -0.2) is 9.18 Å². The SMILES string of the molecule is CCCCCCCc1ccc2c(oc(=O)c3cc(-c4ccc(CCCCC)cc4)ccc32)c1F. The summed E-state index contributed by atoms with van der Waals surface area (Å²) in [5.41, 5.74) is 3.57. The van der Waals surface area contributed by atoms with E-state index >= 15 is 4.39 Å². The van der Waals surface area contributed by atoms with Crippen LogP contribution in [-0.4, -0.2) is 0 Å². The Bertz CT molecular complexity index is 1300. The van der Waals surface area contributed by atoms with Gasteiger partial charge in [0.1, 0.15) is 0 Å². The second kappa shape index (κ2) is 11.5. The van der Waals surface area contributed by atoms with Crippen molar-refractivity contribution in [1.82, 2.24) is 0 Å². The minimum Gasteiger partial charge on any atom is -0.419 e. The Morgan fingerprint density at radius 2 is 1.32 bits per heavy atom. The van der Waals surface area contributed by atoms with Gasteiger partial charge >= 0.3 is 5.63 Å². The molecule has 1 heterocycles. The predicted octanol–water partition coefficient (Wildman–Crippen LogP) is 9.00. The third-order valence-electron chi connectivity index (χ3n) is 6.81. The van der Waals surface area contributed by atoms with Gasteiger partial charge in [-0.2, -0.15) is 0 Å². The lowest BCUT2D eigenvalue weighted by atomic mass is 9.97. The molecule has 2 nitrogen and oxygen atoms in total. The molecule has 4 aromatic rings. The lowest BCUT2D eigenvalue weighted by Crippen LogP contribution is -2.03. The average molecular weight is 459 g/mol. The third-order valence-corrected chi connectivity index (χ3v) is 6.81. The zero-order valence-corrected chi connectivity index (χ0v) is 20.5. The molecule has 0 unspecified atom stereocenters. The Hall–Kier alpha value is -2.94. The molecule has 0 spiro atoms. The number of rotatable bonds is 11. The number of fused-ring (bicyclic) bond motifs is 3. The van der Waals surface area contributed by atoms with Crippen molar-refractivity contribution in [3.63, 3.8) is 0 Å². The molecule has 0 bridgehead atoms. The molecule has 178 valence electrons. The van der Waals surface area contributed by atoms with Crippen LogP contribution in [0, 0.1) is 5.82 Å². The number of hydrogen-bond acceptors (Lipinski definition) is 2. The van der Waals surface area contributed by atoms with Crippen LogP contribution in [0.2, 0.25) is 0 Å². The maximum absolute atomic E-state index is 15.2. The van der Waals surface area contributed by atoms with Crippen molar-refractivity contribution in [2.75, 3.05) is 0 Å². The topological polar surface area (TPSA) is 30.2 Å². The Kier molecular flexibility index (Phi) is 8.16. The fourth-order valence-corrected chi connectivity index (χ4v) is 4.74. The molecule has 3 heteroatoms. The minimum atomic E-state index is -0.487. The molecule has 0 amide bonds. The second-order valence-electron chi connectivity index (χ2n) is 9.38. The van der Waals surface area contributed by atoms with E-state index in [4.69, 9.17) is 4.42 Å². The first kappa shape index (κ1) is 24.2. The van der Waals surface area contributed by atoms with E-state index in [9.17, 15) is 4.79 Å². The summed E-state index contributed by atoms with van der Waals surface area (Å²) in [6.07, 6.45) is 11.0. The Labute approximate surface area is 201 Å². The zero-order chi connectivity index (χ0) is 23.9. The van der Waals surface area contributed by atoms with Crippen LogP contribution in [0.3, 0.4) is 0 Å². The van der Waals surface area contributed by atoms with Crippen molar-refractivity contribution in [1.29, 1.82) is 0 Å². The van der Waals surface area contributed by atoms with Crippen molar-refractivity contribution in [2.45, 2.75) is 78.1 Å². The highest BCUT2D eigenvalue weighted by Gasteiger charge is 2.15. The van der Waals surface area contributed by atoms with Crippen LogP contribution in [0.1, 0.15) is 76.3 Å². The van der Waals surface area contributed by atoms with Gasteiger partial charge in [0.15, 0.2) is 11.4 Å². The highest BCUT2D eigenvalue weighted by Crippen LogP contribution is 2.30. The maximum atomic E-state index is 15.2. The molecule has 1 aromatic heterocycles. The molecule has 0 aliphatic heterocycles. The number of aryl methyl sites for hydroxylation is 2. The van der Waals surface area contributed by atoms with Gasteiger partial charge in [0.25, 0.3) is 0 Å². The van der Waals surface area contributed by atoms with Gasteiger partial charge in [0.2, 0.25) is 0 Å². The van der Waals surface area contributed by atoms with Gasteiger partial charge in [0.05, 0.1) is 5.39 Å². The normalized spacial score (nSPS) is 11.5. The van der Waals surface area contributed by atoms with E-state index in [1.54, 1.807) is 0 Å². The van der Waals surface area contributed by atoms with Crippen LogP contribution in [-0.2, 0) is 12.8 Å². The fraction of sp³-hybridized carbons (Fsp3) is 0.387. The molecule has 0 aliphatic rings. The highest BCUT2D eigenvalue weighted by molar-refractivity contribution is 6.05. The van der Waals surface area contributed by atoms with Crippen LogP contribution in [0.4, 0.5) is 4.39 Å². The summed E-state index contributed by atoms with van der Waals surface area (Å²) >= 11 is 0. The largest absolute Gasteiger partial charge is 0.419 e. The smallest absolute Gasteiger partial charge is 0.344 e. The van der Waals surface area contributed by atoms with Crippen LogP contribution < -0.4 is 5.63 Å². The third kappa shape index (κ3) is 5.41. The second-order valence-corrected chi connectivity index (χ2v) is 9.38. The minimum absolute atomic E-state index is 0.0766. The van der Waals surface area contributed by atoms with Crippen molar-refractivity contribution < 1.29 is 8.81 Å². The molecule has 0 N–H and O–H groups in total. The molecule has 0 fully saturated rings. The summed E-state index contributed by atoms with van der Waals surface area (Å²) < 4.78 is 20.7. The van der Waals surface area contributed by atoms with Gasteiger partial charge in [-0.1, -0.05) is 101 Å². The van der Waals surface area contributed by atoms with Gasteiger partial charge in [-0.05, 0) is 54.0 Å².